The maximum atomic E-state index is 14.7. The summed E-state index contributed by atoms with van der Waals surface area (Å²) in [5, 5.41) is 18.2. The van der Waals surface area contributed by atoms with Crippen molar-refractivity contribution in [1.29, 1.82) is 0 Å². The molecule has 3 heterocycles. The topological polar surface area (TPSA) is 128 Å². The van der Waals surface area contributed by atoms with E-state index in [4.69, 9.17) is 5.10 Å². The monoisotopic (exact) mass is 718 g/mol. The van der Waals surface area contributed by atoms with E-state index in [-0.39, 0.29) is 42.2 Å². The number of aliphatic hydroxyl groups excluding tert-OH is 1. The van der Waals surface area contributed by atoms with Crippen LogP contribution in [0.1, 0.15) is 89.2 Å². The summed E-state index contributed by atoms with van der Waals surface area (Å²) >= 11 is 0. The standard InChI is InChI=1S/C42H50N6O5/c1-4-6-19-45(20-7-5-2)42(53)37-21-29(3)48(44-37)38-18-17-34(43-40(51)33-23-39(50)46(26-33)25-30-13-9-8-10-14-30)24-36(38)41(52)47-27-32-16-12-11-15-31(32)22-35(47)28-49/h8-18,21,24,33,35,49H,4-7,19-20,22-23,25-28H2,1-3H3,(H,43,51). The van der Waals surface area contributed by atoms with Crippen LogP contribution in [0.5, 0.6) is 0 Å². The number of aryl methyl sites for hydroxylation is 1. The number of carbonyl (C=O) groups excluding carboxylic acids is 4. The summed E-state index contributed by atoms with van der Waals surface area (Å²) in [5.74, 6) is -1.41. The highest BCUT2D eigenvalue weighted by atomic mass is 16.3. The number of nitrogens with zero attached hydrogens (tertiary/aromatic N) is 5. The minimum absolute atomic E-state index is 0.0805. The fourth-order valence-electron chi connectivity index (χ4n) is 7.26. The van der Waals surface area contributed by atoms with Crippen LogP contribution in [0.15, 0.2) is 78.9 Å². The highest BCUT2D eigenvalue weighted by Gasteiger charge is 2.35. The molecule has 53 heavy (non-hydrogen) atoms. The van der Waals surface area contributed by atoms with Gasteiger partial charge in [-0.3, -0.25) is 19.2 Å². The Morgan fingerprint density at radius 1 is 0.906 bits per heavy atom. The molecular formula is C42H50N6O5. The second kappa shape index (κ2) is 17.0. The first-order chi connectivity index (χ1) is 25.7. The summed E-state index contributed by atoms with van der Waals surface area (Å²) in [4.78, 5) is 60.1. The van der Waals surface area contributed by atoms with Gasteiger partial charge in [0.2, 0.25) is 11.8 Å². The van der Waals surface area contributed by atoms with E-state index < -0.39 is 12.0 Å². The number of nitrogens with one attached hydrogen (secondary N) is 1. The van der Waals surface area contributed by atoms with Crippen LogP contribution in [0.25, 0.3) is 5.69 Å². The summed E-state index contributed by atoms with van der Waals surface area (Å²) in [6, 6.07) is 24.0. The van der Waals surface area contributed by atoms with Crippen LogP contribution in [0.4, 0.5) is 5.69 Å². The Hall–Kier alpha value is -5.29. The first-order valence-electron chi connectivity index (χ1n) is 18.8. The SMILES string of the molecule is CCCCN(CCCC)C(=O)c1cc(C)n(-c2ccc(NC(=O)C3CC(=O)N(Cc4ccccc4)C3)cc2C(=O)N2Cc3ccccc3CC2CO)n1. The molecule has 2 unspecified atom stereocenters. The van der Waals surface area contributed by atoms with Gasteiger partial charge in [0.1, 0.15) is 0 Å². The van der Waals surface area contributed by atoms with Gasteiger partial charge in [0.05, 0.1) is 29.8 Å². The maximum Gasteiger partial charge on any atom is 0.274 e. The van der Waals surface area contributed by atoms with Crippen molar-refractivity contribution in [3.63, 3.8) is 0 Å². The average molecular weight is 719 g/mol. The molecule has 4 aromatic rings. The van der Waals surface area contributed by atoms with Crippen molar-refractivity contribution in [2.75, 3.05) is 31.6 Å². The molecule has 278 valence electrons. The molecule has 6 rings (SSSR count). The van der Waals surface area contributed by atoms with Gasteiger partial charge >= 0.3 is 0 Å². The number of carbonyl (C=O) groups is 4. The number of fused-ring (bicyclic) bond motifs is 1. The molecule has 2 aliphatic heterocycles. The van der Waals surface area contributed by atoms with Crippen molar-refractivity contribution in [3.8, 4) is 5.69 Å². The Kier molecular flexibility index (Phi) is 12.0. The lowest BCUT2D eigenvalue weighted by Gasteiger charge is -2.36. The lowest BCUT2D eigenvalue weighted by molar-refractivity contribution is -0.128. The van der Waals surface area contributed by atoms with Gasteiger partial charge in [0, 0.05) is 50.5 Å². The third-order valence-corrected chi connectivity index (χ3v) is 10.3. The molecule has 0 saturated carbocycles. The first kappa shape index (κ1) is 37.5. The number of likely N-dealkylation sites (tertiary alicyclic amines) is 1. The molecule has 2 atom stereocenters. The highest BCUT2D eigenvalue weighted by Crippen LogP contribution is 2.30. The van der Waals surface area contributed by atoms with E-state index in [1.54, 1.807) is 38.7 Å². The first-order valence-corrected chi connectivity index (χ1v) is 18.8. The Morgan fingerprint density at radius 2 is 1.60 bits per heavy atom. The van der Waals surface area contributed by atoms with Crippen LogP contribution < -0.4 is 5.32 Å². The number of hydrogen-bond donors (Lipinski definition) is 2. The summed E-state index contributed by atoms with van der Waals surface area (Å²) < 4.78 is 1.62. The molecule has 0 spiro atoms. The van der Waals surface area contributed by atoms with E-state index in [2.05, 4.69) is 19.2 Å². The third-order valence-electron chi connectivity index (χ3n) is 10.3. The van der Waals surface area contributed by atoms with Gasteiger partial charge in [0.25, 0.3) is 11.8 Å². The zero-order valence-electron chi connectivity index (χ0n) is 31.0. The van der Waals surface area contributed by atoms with Gasteiger partial charge in [0.15, 0.2) is 5.69 Å². The van der Waals surface area contributed by atoms with Crippen molar-refractivity contribution < 1.29 is 24.3 Å². The van der Waals surface area contributed by atoms with E-state index in [1.807, 2.05) is 66.4 Å². The van der Waals surface area contributed by atoms with Crippen molar-refractivity contribution in [3.05, 3.63) is 113 Å². The molecule has 1 aromatic heterocycles. The van der Waals surface area contributed by atoms with Crippen LogP contribution >= 0.6 is 0 Å². The second-order valence-corrected chi connectivity index (χ2v) is 14.2. The van der Waals surface area contributed by atoms with Crippen molar-refractivity contribution in [2.45, 2.75) is 78.4 Å². The average Bonchev–Trinajstić information content (AvgIpc) is 3.75. The van der Waals surface area contributed by atoms with E-state index in [0.29, 0.717) is 61.9 Å². The zero-order chi connectivity index (χ0) is 37.5. The fourth-order valence-corrected chi connectivity index (χ4v) is 7.26. The minimum Gasteiger partial charge on any atom is -0.394 e. The van der Waals surface area contributed by atoms with Crippen LogP contribution in [-0.2, 0) is 29.1 Å². The lowest BCUT2D eigenvalue weighted by atomic mass is 9.93. The number of anilines is 1. The zero-order valence-corrected chi connectivity index (χ0v) is 31.0. The highest BCUT2D eigenvalue weighted by molar-refractivity contribution is 6.02. The van der Waals surface area contributed by atoms with Crippen LogP contribution in [0.2, 0.25) is 0 Å². The van der Waals surface area contributed by atoms with E-state index in [1.165, 1.54) is 0 Å². The number of aliphatic hydroxyl groups is 1. The quantitative estimate of drug-likeness (QED) is 0.171. The predicted molar refractivity (Wildman–Crippen MR) is 204 cm³/mol. The number of aromatic nitrogens is 2. The largest absolute Gasteiger partial charge is 0.394 e. The van der Waals surface area contributed by atoms with Gasteiger partial charge < -0.3 is 25.1 Å². The Labute approximate surface area is 311 Å². The molecule has 11 nitrogen and oxygen atoms in total. The minimum atomic E-state index is -0.548. The predicted octanol–water partition coefficient (Wildman–Crippen LogP) is 5.77. The van der Waals surface area contributed by atoms with Gasteiger partial charge in [-0.2, -0.15) is 5.10 Å². The van der Waals surface area contributed by atoms with Crippen LogP contribution in [0, 0.1) is 12.8 Å². The molecule has 2 N–H and O–H groups in total. The van der Waals surface area contributed by atoms with E-state index in [9.17, 15) is 24.3 Å². The molecule has 2 aliphatic rings. The number of rotatable bonds is 14. The molecular weight excluding hydrogens is 668 g/mol. The number of benzene rings is 3. The molecule has 3 aromatic carbocycles. The van der Waals surface area contributed by atoms with Crippen molar-refractivity contribution >= 4 is 29.3 Å². The van der Waals surface area contributed by atoms with E-state index >= 15 is 0 Å². The van der Waals surface area contributed by atoms with Crippen molar-refractivity contribution in [2.24, 2.45) is 5.92 Å². The van der Waals surface area contributed by atoms with E-state index in [0.717, 1.165) is 42.4 Å². The molecule has 4 amide bonds. The molecule has 0 radical (unpaired) electrons. The number of hydrogen-bond acceptors (Lipinski definition) is 6. The molecule has 0 bridgehead atoms. The van der Waals surface area contributed by atoms with Gasteiger partial charge in [-0.15, -0.1) is 0 Å². The maximum absolute atomic E-state index is 14.7. The van der Waals surface area contributed by atoms with Gasteiger partial charge in [-0.05, 0) is 67.1 Å². The van der Waals surface area contributed by atoms with Crippen LogP contribution in [-0.4, -0.2) is 85.5 Å². The van der Waals surface area contributed by atoms with Crippen molar-refractivity contribution in [1.82, 2.24) is 24.5 Å². The molecule has 1 saturated heterocycles. The summed E-state index contributed by atoms with van der Waals surface area (Å²) in [6.07, 6.45) is 4.33. The molecule has 0 aliphatic carbocycles. The molecule has 11 heteroatoms. The number of amides is 4. The summed E-state index contributed by atoms with van der Waals surface area (Å²) in [6.45, 7) is 8.17. The summed E-state index contributed by atoms with van der Waals surface area (Å²) in [7, 11) is 0. The Morgan fingerprint density at radius 3 is 2.30 bits per heavy atom. The Balaban J connectivity index is 1.31. The smallest absolute Gasteiger partial charge is 0.274 e. The fraction of sp³-hybridized carbons (Fsp3) is 0.405. The van der Waals surface area contributed by atoms with Gasteiger partial charge in [-0.1, -0.05) is 81.3 Å². The van der Waals surface area contributed by atoms with Crippen LogP contribution in [0.3, 0.4) is 0 Å². The second-order valence-electron chi connectivity index (χ2n) is 14.2. The number of unbranched alkanes of at least 4 members (excludes halogenated alkanes) is 2. The molecule has 1 fully saturated rings. The normalized spacial score (nSPS) is 16.8. The van der Waals surface area contributed by atoms with Gasteiger partial charge in [-0.25, -0.2) is 4.68 Å². The Bertz CT molecular complexity index is 1930. The third kappa shape index (κ3) is 8.52. The summed E-state index contributed by atoms with van der Waals surface area (Å²) in [5.41, 5.74) is 5.20. The lowest BCUT2D eigenvalue weighted by Crippen LogP contribution is -2.46.